The van der Waals surface area contributed by atoms with E-state index < -0.39 is 0 Å². The third-order valence-electron chi connectivity index (χ3n) is 2.67. The second-order valence-electron chi connectivity index (χ2n) is 4.01. The first kappa shape index (κ1) is 13.0. The molecule has 98 valence electrons. The summed E-state index contributed by atoms with van der Waals surface area (Å²) in [5.74, 6) is 0.481. The Morgan fingerprint density at radius 1 is 0.800 bits per heavy atom. The number of aromatic nitrogens is 4. The van der Waals surface area contributed by atoms with Crippen molar-refractivity contribution >= 4 is 23.2 Å². The largest absolute Gasteiger partial charge is 0.253 e. The standard InChI is InChI=1S/C14H8Cl2N4/c15-10-5-4-9(7-11(10)16)13-8-18-14(20-19-13)12-3-1-2-6-17-12/h1-8H. The fraction of sp³-hybridized carbons (Fsp3) is 0. The van der Waals surface area contributed by atoms with Gasteiger partial charge in [-0.2, -0.15) is 0 Å². The molecule has 2 aromatic heterocycles. The zero-order valence-corrected chi connectivity index (χ0v) is 11.7. The molecule has 0 N–H and O–H groups in total. The molecule has 0 unspecified atom stereocenters. The first-order valence-electron chi connectivity index (χ1n) is 5.80. The summed E-state index contributed by atoms with van der Waals surface area (Å²) in [6, 6.07) is 10.8. The average molecular weight is 303 g/mol. The fourth-order valence-corrected chi connectivity index (χ4v) is 1.97. The third-order valence-corrected chi connectivity index (χ3v) is 3.41. The minimum Gasteiger partial charge on any atom is -0.253 e. The predicted molar refractivity (Wildman–Crippen MR) is 78.5 cm³/mol. The molecule has 3 aromatic rings. The molecule has 0 fully saturated rings. The molecule has 3 rings (SSSR count). The Labute approximate surface area is 125 Å². The second kappa shape index (κ2) is 5.53. The number of hydrogen-bond acceptors (Lipinski definition) is 4. The van der Waals surface area contributed by atoms with Gasteiger partial charge in [-0.15, -0.1) is 10.2 Å². The molecular formula is C14H8Cl2N4. The molecule has 1 aromatic carbocycles. The Morgan fingerprint density at radius 3 is 2.35 bits per heavy atom. The Morgan fingerprint density at radius 2 is 1.70 bits per heavy atom. The van der Waals surface area contributed by atoms with E-state index in [0.29, 0.717) is 27.3 Å². The van der Waals surface area contributed by atoms with Gasteiger partial charge in [0.1, 0.15) is 11.4 Å². The van der Waals surface area contributed by atoms with Crippen molar-refractivity contribution in [1.82, 2.24) is 20.2 Å². The van der Waals surface area contributed by atoms with Crippen LogP contribution in [-0.4, -0.2) is 20.2 Å². The average Bonchev–Trinajstić information content (AvgIpc) is 2.51. The minimum absolute atomic E-state index is 0.472. The van der Waals surface area contributed by atoms with Gasteiger partial charge in [0, 0.05) is 11.8 Å². The molecule has 0 aliphatic heterocycles. The van der Waals surface area contributed by atoms with Crippen LogP contribution in [0.4, 0.5) is 0 Å². The van der Waals surface area contributed by atoms with Gasteiger partial charge in [0.15, 0.2) is 5.82 Å². The molecule has 0 aliphatic carbocycles. The van der Waals surface area contributed by atoms with Gasteiger partial charge >= 0.3 is 0 Å². The minimum atomic E-state index is 0.472. The topological polar surface area (TPSA) is 51.6 Å². The quantitative estimate of drug-likeness (QED) is 0.720. The number of pyridine rings is 1. The van der Waals surface area contributed by atoms with Gasteiger partial charge in [-0.3, -0.25) is 4.98 Å². The van der Waals surface area contributed by atoms with Gasteiger partial charge in [-0.05, 0) is 24.3 Å². The summed E-state index contributed by atoms with van der Waals surface area (Å²) in [6.07, 6.45) is 3.32. The Kier molecular flexibility index (Phi) is 3.58. The van der Waals surface area contributed by atoms with Crippen LogP contribution in [0.25, 0.3) is 22.8 Å². The first-order chi connectivity index (χ1) is 9.74. The van der Waals surface area contributed by atoms with Gasteiger partial charge in [-0.1, -0.05) is 35.3 Å². The van der Waals surface area contributed by atoms with Crippen LogP contribution < -0.4 is 0 Å². The zero-order chi connectivity index (χ0) is 13.9. The van der Waals surface area contributed by atoms with Crippen LogP contribution in [0.3, 0.4) is 0 Å². The highest BCUT2D eigenvalue weighted by Crippen LogP contribution is 2.27. The van der Waals surface area contributed by atoms with Gasteiger partial charge in [0.2, 0.25) is 0 Å². The van der Waals surface area contributed by atoms with E-state index in [0.717, 1.165) is 5.56 Å². The van der Waals surface area contributed by atoms with Gasteiger partial charge in [0.25, 0.3) is 0 Å². The molecule has 0 bridgehead atoms. The molecule has 0 spiro atoms. The van der Waals surface area contributed by atoms with E-state index in [1.54, 1.807) is 24.5 Å². The molecular weight excluding hydrogens is 295 g/mol. The fourth-order valence-electron chi connectivity index (χ4n) is 1.68. The van der Waals surface area contributed by atoms with Crippen molar-refractivity contribution in [3.8, 4) is 22.8 Å². The van der Waals surface area contributed by atoms with Gasteiger partial charge < -0.3 is 0 Å². The van der Waals surface area contributed by atoms with E-state index >= 15 is 0 Å². The van der Waals surface area contributed by atoms with Crippen LogP contribution in [0.15, 0.2) is 48.8 Å². The summed E-state index contributed by atoms with van der Waals surface area (Å²) in [4.78, 5) is 8.44. The number of halogens is 2. The van der Waals surface area contributed by atoms with E-state index in [-0.39, 0.29) is 0 Å². The maximum atomic E-state index is 5.98. The zero-order valence-electron chi connectivity index (χ0n) is 10.2. The van der Waals surface area contributed by atoms with Crippen LogP contribution in [0.1, 0.15) is 0 Å². The Hall–Kier alpha value is -2.04. The number of nitrogens with zero attached hydrogens (tertiary/aromatic N) is 4. The second-order valence-corrected chi connectivity index (χ2v) is 4.83. The summed E-state index contributed by atoms with van der Waals surface area (Å²) < 4.78 is 0. The SMILES string of the molecule is Clc1ccc(-c2cnc(-c3ccccn3)nn2)cc1Cl. The molecule has 20 heavy (non-hydrogen) atoms. The van der Waals surface area contributed by atoms with E-state index in [9.17, 15) is 0 Å². The van der Waals surface area contributed by atoms with E-state index in [1.165, 1.54) is 0 Å². The first-order valence-corrected chi connectivity index (χ1v) is 6.56. The van der Waals surface area contributed by atoms with Crippen molar-refractivity contribution in [2.24, 2.45) is 0 Å². The Balaban J connectivity index is 1.95. The van der Waals surface area contributed by atoms with Crippen LogP contribution in [0.5, 0.6) is 0 Å². The molecule has 0 aliphatic rings. The van der Waals surface area contributed by atoms with Crippen molar-refractivity contribution in [2.45, 2.75) is 0 Å². The van der Waals surface area contributed by atoms with Crippen LogP contribution >= 0.6 is 23.2 Å². The monoisotopic (exact) mass is 302 g/mol. The van der Waals surface area contributed by atoms with E-state index in [1.807, 2.05) is 24.3 Å². The summed E-state index contributed by atoms with van der Waals surface area (Å²) in [5, 5.41) is 9.19. The highest BCUT2D eigenvalue weighted by atomic mass is 35.5. The summed E-state index contributed by atoms with van der Waals surface area (Å²) in [5.41, 5.74) is 2.12. The van der Waals surface area contributed by atoms with Crippen LogP contribution in [-0.2, 0) is 0 Å². The maximum Gasteiger partial charge on any atom is 0.200 e. The molecule has 0 saturated heterocycles. The highest BCUT2D eigenvalue weighted by Gasteiger charge is 2.07. The van der Waals surface area contributed by atoms with E-state index in [4.69, 9.17) is 23.2 Å². The Bertz CT molecular complexity index is 730. The summed E-state index contributed by atoms with van der Waals surface area (Å²) in [7, 11) is 0. The maximum absolute atomic E-state index is 5.98. The molecule has 6 heteroatoms. The molecule has 0 atom stereocenters. The van der Waals surface area contributed by atoms with Crippen LogP contribution in [0.2, 0.25) is 10.0 Å². The van der Waals surface area contributed by atoms with Crippen molar-refractivity contribution in [3.05, 3.63) is 58.8 Å². The van der Waals surface area contributed by atoms with Crippen molar-refractivity contribution in [3.63, 3.8) is 0 Å². The lowest BCUT2D eigenvalue weighted by molar-refractivity contribution is 0.977. The normalized spacial score (nSPS) is 10.5. The van der Waals surface area contributed by atoms with Gasteiger partial charge in [-0.25, -0.2) is 4.98 Å². The number of benzene rings is 1. The highest BCUT2D eigenvalue weighted by molar-refractivity contribution is 6.42. The van der Waals surface area contributed by atoms with Crippen molar-refractivity contribution in [1.29, 1.82) is 0 Å². The molecule has 4 nitrogen and oxygen atoms in total. The number of hydrogen-bond donors (Lipinski definition) is 0. The smallest absolute Gasteiger partial charge is 0.200 e. The molecule has 0 saturated carbocycles. The third kappa shape index (κ3) is 2.61. The lowest BCUT2D eigenvalue weighted by Gasteiger charge is -2.03. The molecule has 0 radical (unpaired) electrons. The van der Waals surface area contributed by atoms with Crippen molar-refractivity contribution < 1.29 is 0 Å². The van der Waals surface area contributed by atoms with Gasteiger partial charge in [0.05, 0.1) is 16.2 Å². The summed E-state index contributed by atoms with van der Waals surface area (Å²) in [6.45, 7) is 0. The molecule has 2 heterocycles. The van der Waals surface area contributed by atoms with Crippen LogP contribution in [0, 0.1) is 0 Å². The van der Waals surface area contributed by atoms with Crippen molar-refractivity contribution in [2.75, 3.05) is 0 Å². The lowest BCUT2D eigenvalue weighted by Crippen LogP contribution is -1.95. The summed E-state index contributed by atoms with van der Waals surface area (Å²) >= 11 is 11.9. The predicted octanol–water partition coefficient (Wildman–Crippen LogP) is 3.91. The molecule has 0 amide bonds. The number of rotatable bonds is 2. The van der Waals surface area contributed by atoms with E-state index in [2.05, 4.69) is 20.2 Å². The lowest BCUT2D eigenvalue weighted by atomic mass is 10.2.